The first-order chi connectivity index (χ1) is 31.1. The van der Waals surface area contributed by atoms with Crippen LogP contribution >= 0.6 is 70.8 Å². The van der Waals surface area contributed by atoms with Gasteiger partial charge in [0.05, 0.1) is 38.3 Å². The molecule has 0 aliphatic heterocycles. The van der Waals surface area contributed by atoms with E-state index in [0.29, 0.717) is 16.9 Å². The maximum atomic E-state index is 14.0. The Hall–Kier alpha value is -6.00. The number of carboxylic acids is 1. The molecule has 18 heteroatoms. The fourth-order valence-electron chi connectivity index (χ4n) is 6.03. The van der Waals surface area contributed by atoms with Gasteiger partial charge >= 0.3 is 11.9 Å². The molecular weight excluding hydrogens is 960 g/mol. The molecule has 65 heavy (non-hydrogen) atoms. The highest BCUT2D eigenvalue weighted by atomic mass is 35.5. The number of nitrogens with one attached hydrogen (secondary N) is 4. The zero-order valence-corrected chi connectivity index (χ0v) is 38.5. The molecule has 2 unspecified atom stereocenters. The molecule has 6 rings (SSSR count). The van der Waals surface area contributed by atoms with E-state index in [2.05, 4.69) is 21.3 Å². The highest BCUT2D eigenvalue weighted by Gasteiger charge is 2.24. The smallest absolute Gasteiger partial charge is 0.328 e. The molecule has 0 fully saturated rings. The van der Waals surface area contributed by atoms with Crippen LogP contribution in [-0.4, -0.2) is 58.0 Å². The molecule has 0 heterocycles. The van der Waals surface area contributed by atoms with Crippen LogP contribution in [0.15, 0.2) is 133 Å². The molecule has 0 aromatic heterocycles. The number of aliphatic carboxylic acids is 1. The summed E-state index contributed by atoms with van der Waals surface area (Å²) in [6, 6.07) is 33.1. The minimum atomic E-state index is -1.13. The topological polar surface area (TPSA) is 146 Å². The fourth-order valence-corrected chi connectivity index (χ4v) is 7.79. The van der Waals surface area contributed by atoms with Gasteiger partial charge < -0.3 is 31.1 Å². The van der Waals surface area contributed by atoms with Crippen LogP contribution in [0.2, 0.25) is 20.1 Å². The van der Waals surface area contributed by atoms with Crippen molar-refractivity contribution < 1.29 is 37.8 Å². The van der Waals surface area contributed by atoms with Gasteiger partial charge in [-0.05, 0) is 83.9 Å². The van der Waals surface area contributed by atoms with Crippen molar-refractivity contribution in [3.63, 3.8) is 0 Å². The van der Waals surface area contributed by atoms with Crippen molar-refractivity contribution in [3.05, 3.63) is 199 Å². The second kappa shape index (κ2) is 23.8. The van der Waals surface area contributed by atoms with Crippen LogP contribution in [0.25, 0.3) is 0 Å². The molecule has 0 aliphatic rings. The number of ether oxygens (including phenoxy) is 1. The minimum absolute atomic E-state index is 0.0102. The van der Waals surface area contributed by atoms with Gasteiger partial charge in [-0.2, -0.15) is 0 Å². The summed E-state index contributed by atoms with van der Waals surface area (Å²) in [5.74, 6) is -3.60. The third kappa shape index (κ3) is 14.0. The van der Waals surface area contributed by atoms with E-state index in [-0.39, 0.29) is 65.2 Å². The Morgan fingerprint density at radius 1 is 0.554 bits per heavy atom. The molecular formula is C47H36Cl4F2N4O6S2. The first-order valence-electron chi connectivity index (χ1n) is 19.2. The number of carbonyl (C=O) groups is 4. The van der Waals surface area contributed by atoms with Gasteiger partial charge in [-0.3, -0.25) is 9.59 Å². The minimum Gasteiger partial charge on any atom is -0.480 e. The van der Waals surface area contributed by atoms with Gasteiger partial charge in [0.2, 0.25) is 0 Å². The highest BCUT2D eigenvalue weighted by molar-refractivity contribution is 7.81. The largest absolute Gasteiger partial charge is 0.480 e. The summed E-state index contributed by atoms with van der Waals surface area (Å²) < 4.78 is 32.8. The lowest BCUT2D eigenvalue weighted by molar-refractivity contribution is -0.142. The molecule has 0 radical (unpaired) electrons. The summed E-state index contributed by atoms with van der Waals surface area (Å²) in [7, 11) is 1.27. The van der Waals surface area contributed by atoms with E-state index in [4.69, 9.17) is 75.6 Å². The monoisotopic (exact) mass is 994 g/mol. The maximum Gasteiger partial charge on any atom is 0.328 e. The molecule has 0 saturated heterocycles. The Labute approximate surface area is 403 Å². The first-order valence-corrected chi connectivity index (χ1v) is 21.5. The van der Waals surface area contributed by atoms with E-state index in [1.165, 1.54) is 37.4 Å². The van der Waals surface area contributed by atoms with Crippen LogP contribution in [0.3, 0.4) is 0 Å². The third-order valence-electron chi connectivity index (χ3n) is 9.31. The molecule has 0 spiro atoms. The quantitative estimate of drug-likeness (QED) is 0.0528. The Morgan fingerprint density at radius 2 is 0.908 bits per heavy atom. The summed E-state index contributed by atoms with van der Waals surface area (Å²) in [6.45, 7) is 0. The maximum absolute atomic E-state index is 14.0. The number of halogens is 6. The SMILES string of the molecule is COC(=O)C(Cc1ccc(NC(=O)c2c(Cl)cccc2Cl)cc1)NC(=S)c1ccccc1F.O=C(Nc1ccc(CC(NC(=S)c2ccccc2F)C(=O)O)cc1)c1c(Cl)cccc1Cl. The summed E-state index contributed by atoms with van der Waals surface area (Å²) in [4.78, 5) is 49.1. The third-order valence-corrected chi connectivity index (χ3v) is 11.2. The number of carboxylic acid groups (broad SMARTS) is 1. The highest BCUT2D eigenvalue weighted by Crippen LogP contribution is 2.27. The molecule has 0 saturated carbocycles. The van der Waals surface area contributed by atoms with Crippen molar-refractivity contribution in [1.82, 2.24) is 10.6 Å². The molecule has 10 nitrogen and oxygen atoms in total. The van der Waals surface area contributed by atoms with Crippen molar-refractivity contribution >= 4 is 116 Å². The number of hydrogen-bond donors (Lipinski definition) is 5. The number of anilines is 2. The zero-order valence-electron chi connectivity index (χ0n) is 33.8. The molecule has 6 aromatic rings. The van der Waals surface area contributed by atoms with Crippen molar-refractivity contribution in [2.75, 3.05) is 17.7 Å². The molecule has 2 amide bonds. The predicted molar refractivity (Wildman–Crippen MR) is 259 cm³/mol. The summed E-state index contributed by atoms with van der Waals surface area (Å²) in [5.41, 5.74) is 3.11. The second-order valence-electron chi connectivity index (χ2n) is 13.8. The van der Waals surface area contributed by atoms with E-state index >= 15 is 0 Å². The number of benzene rings is 6. The van der Waals surface area contributed by atoms with Gasteiger partial charge in [0.25, 0.3) is 11.8 Å². The van der Waals surface area contributed by atoms with Crippen LogP contribution in [0.1, 0.15) is 43.0 Å². The predicted octanol–water partition coefficient (Wildman–Crippen LogP) is 10.8. The first kappa shape index (κ1) is 50.0. The number of rotatable bonds is 14. The average Bonchev–Trinajstić information content (AvgIpc) is 3.27. The number of esters is 1. The molecule has 334 valence electrons. The van der Waals surface area contributed by atoms with Crippen LogP contribution in [0, 0.1) is 11.6 Å². The number of hydrogen-bond acceptors (Lipinski definition) is 7. The van der Waals surface area contributed by atoms with Crippen molar-refractivity contribution in [1.29, 1.82) is 0 Å². The number of carbonyl (C=O) groups excluding carboxylic acids is 3. The lowest BCUT2D eigenvalue weighted by Gasteiger charge is -2.19. The van der Waals surface area contributed by atoms with Gasteiger partial charge in [-0.25, -0.2) is 18.4 Å². The molecule has 6 aromatic carbocycles. The Balaban J connectivity index is 0.000000244. The Morgan fingerprint density at radius 3 is 1.26 bits per heavy atom. The lowest BCUT2D eigenvalue weighted by Crippen LogP contribution is -2.42. The van der Waals surface area contributed by atoms with Gasteiger partial charge in [0.1, 0.15) is 33.7 Å². The number of amides is 2. The van der Waals surface area contributed by atoms with E-state index in [9.17, 15) is 33.1 Å². The zero-order chi connectivity index (χ0) is 47.2. The summed E-state index contributed by atoms with van der Waals surface area (Å²) in [6.07, 6.45) is 0.320. The van der Waals surface area contributed by atoms with Crippen LogP contribution in [0.4, 0.5) is 20.2 Å². The molecule has 5 N–H and O–H groups in total. The van der Waals surface area contributed by atoms with Crippen molar-refractivity contribution in [2.45, 2.75) is 24.9 Å². The van der Waals surface area contributed by atoms with E-state index < -0.39 is 47.5 Å². The summed E-state index contributed by atoms with van der Waals surface area (Å²) in [5, 5.41) is 21.5. The van der Waals surface area contributed by atoms with E-state index in [1.807, 2.05) is 0 Å². The number of thiocarbonyl (C=S) groups is 2. The van der Waals surface area contributed by atoms with Crippen molar-refractivity contribution in [2.24, 2.45) is 0 Å². The second-order valence-corrected chi connectivity index (χ2v) is 16.2. The summed E-state index contributed by atoms with van der Waals surface area (Å²) >= 11 is 34.7. The van der Waals surface area contributed by atoms with Crippen LogP contribution in [0.5, 0.6) is 0 Å². The van der Waals surface area contributed by atoms with Gasteiger partial charge in [0.15, 0.2) is 0 Å². The average molecular weight is 997 g/mol. The molecule has 2 atom stereocenters. The van der Waals surface area contributed by atoms with Gasteiger partial charge in [-0.15, -0.1) is 0 Å². The van der Waals surface area contributed by atoms with Gasteiger partial charge in [-0.1, -0.05) is 132 Å². The normalized spacial score (nSPS) is 11.4. The van der Waals surface area contributed by atoms with Gasteiger partial charge in [0, 0.05) is 35.3 Å². The fraction of sp³-hybridized carbons (Fsp3) is 0.106. The van der Waals surface area contributed by atoms with Crippen molar-refractivity contribution in [3.8, 4) is 0 Å². The van der Waals surface area contributed by atoms with E-state index in [0.717, 1.165) is 5.56 Å². The standard InChI is InChI=1S/C24H19Cl2FN2O3S.C23H17Cl2FN2O3S/c1-32-24(31)20(29-23(33)16-5-2-3-8-19(16)27)13-14-9-11-15(12-10-14)28-22(30)21-17(25)6-4-7-18(21)26;24-16-5-3-6-17(25)20(16)21(29)27-14-10-8-13(9-11-14)12-19(23(30)31)28-22(32)15-4-1-2-7-18(15)26/h2-12,20H,13H2,1H3,(H,28,30)(H,29,33);1-11,19H,12H2,(H,27,29)(H,28,32)(H,30,31). The van der Waals surface area contributed by atoms with Crippen LogP contribution in [-0.2, 0) is 27.2 Å². The lowest BCUT2D eigenvalue weighted by atomic mass is 10.0. The Bertz CT molecular complexity index is 2690. The molecule has 0 bridgehead atoms. The number of methoxy groups -OCH3 is 1. The Kier molecular flexibility index (Phi) is 18.3. The molecule has 0 aliphatic carbocycles. The van der Waals surface area contributed by atoms with Crippen LogP contribution < -0.4 is 21.3 Å². The van der Waals surface area contributed by atoms with E-state index in [1.54, 1.807) is 103 Å².